The van der Waals surface area contributed by atoms with Gasteiger partial charge in [-0.3, -0.25) is 14.6 Å². The van der Waals surface area contributed by atoms with Gasteiger partial charge in [0, 0.05) is 24.8 Å². The summed E-state index contributed by atoms with van der Waals surface area (Å²) in [5.74, 6) is -1.19. The molecule has 2 amide bonds. The van der Waals surface area contributed by atoms with Gasteiger partial charge in [-0.25, -0.2) is 9.37 Å². The average molecular weight is 316 g/mol. The molecule has 0 aliphatic carbocycles. The van der Waals surface area contributed by atoms with Crippen molar-refractivity contribution < 1.29 is 14.0 Å². The number of aromatic nitrogens is 2. The first-order chi connectivity index (χ1) is 11.0. The normalized spacial score (nSPS) is 10.2. The maximum atomic E-state index is 13.4. The van der Waals surface area contributed by atoms with Crippen molar-refractivity contribution >= 4 is 11.8 Å². The highest BCUT2D eigenvalue weighted by Crippen LogP contribution is 2.08. The van der Waals surface area contributed by atoms with Crippen LogP contribution in [0.2, 0.25) is 0 Å². The summed E-state index contributed by atoms with van der Waals surface area (Å²) >= 11 is 0. The van der Waals surface area contributed by atoms with Gasteiger partial charge in [-0.15, -0.1) is 0 Å². The van der Waals surface area contributed by atoms with Crippen molar-refractivity contribution in [3.63, 3.8) is 0 Å². The Morgan fingerprint density at radius 2 is 1.74 bits per heavy atom. The van der Waals surface area contributed by atoms with Crippen LogP contribution in [0, 0.1) is 19.7 Å². The molecule has 0 saturated heterocycles. The summed E-state index contributed by atoms with van der Waals surface area (Å²) in [4.78, 5) is 31.6. The molecule has 0 spiro atoms. The molecular formula is C16H17FN4O2. The predicted molar refractivity (Wildman–Crippen MR) is 82.6 cm³/mol. The Bertz CT molecular complexity index is 717. The minimum atomic E-state index is -0.427. The highest BCUT2D eigenvalue weighted by atomic mass is 19.1. The van der Waals surface area contributed by atoms with Gasteiger partial charge in [-0.1, -0.05) is 6.07 Å². The lowest BCUT2D eigenvalue weighted by Crippen LogP contribution is -2.35. The van der Waals surface area contributed by atoms with E-state index < -0.39 is 11.7 Å². The summed E-state index contributed by atoms with van der Waals surface area (Å²) in [6.45, 7) is 3.85. The first-order valence-corrected chi connectivity index (χ1v) is 7.08. The van der Waals surface area contributed by atoms with Crippen LogP contribution in [-0.4, -0.2) is 34.9 Å². The first-order valence-electron chi connectivity index (χ1n) is 7.08. The molecular weight excluding hydrogens is 299 g/mol. The molecule has 120 valence electrons. The standard InChI is InChI=1S/C16H17FN4O2/c1-10-3-4-12(7-13(10)17)15(22)18-5-6-19-16(23)14-9-20-11(2)8-21-14/h3-4,7-9H,5-6H2,1-2H3,(H,18,22)(H,19,23). The molecule has 1 heterocycles. The Morgan fingerprint density at radius 1 is 1.04 bits per heavy atom. The molecule has 7 heteroatoms. The number of benzene rings is 1. The molecule has 0 saturated carbocycles. The van der Waals surface area contributed by atoms with Crippen molar-refractivity contribution in [1.29, 1.82) is 0 Å². The fourth-order valence-electron chi connectivity index (χ4n) is 1.79. The van der Waals surface area contributed by atoms with E-state index in [1.54, 1.807) is 26.0 Å². The third kappa shape index (κ3) is 4.57. The van der Waals surface area contributed by atoms with Crippen LogP contribution < -0.4 is 10.6 Å². The maximum absolute atomic E-state index is 13.4. The predicted octanol–water partition coefficient (Wildman–Crippen LogP) is 1.39. The SMILES string of the molecule is Cc1cnc(C(=O)NCCNC(=O)c2ccc(C)c(F)c2)cn1. The number of carbonyl (C=O) groups excluding carboxylic acids is 2. The number of amides is 2. The maximum Gasteiger partial charge on any atom is 0.271 e. The number of carbonyl (C=O) groups is 2. The monoisotopic (exact) mass is 316 g/mol. The van der Waals surface area contributed by atoms with Gasteiger partial charge in [0.15, 0.2) is 0 Å². The van der Waals surface area contributed by atoms with Crippen molar-refractivity contribution in [3.8, 4) is 0 Å². The molecule has 0 aliphatic heterocycles. The van der Waals surface area contributed by atoms with Crippen LogP contribution >= 0.6 is 0 Å². The molecule has 1 aromatic heterocycles. The van der Waals surface area contributed by atoms with Gasteiger partial charge < -0.3 is 10.6 Å². The zero-order valence-corrected chi connectivity index (χ0v) is 12.9. The van der Waals surface area contributed by atoms with Crippen LogP contribution in [0.5, 0.6) is 0 Å². The summed E-state index contributed by atoms with van der Waals surface area (Å²) in [6.07, 6.45) is 2.89. The summed E-state index contributed by atoms with van der Waals surface area (Å²) in [7, 11) is 0. The number of halogens is 1. The zero-order valence-electron chi connectivity index (χ0n) is 12.9. The quantitative estimate of drug-likeness (QED) is 0.817. The third-order valence-electron chi connectivity index (χ3n) is 3.14. The smallest absolute Gasteiger partial charge is 0.271 e. The molecule has 0 bridgehead atoms. The third-order valence-corrected chi connectivity index (χ3v) is 3.14. The number of nitrogens with one attached hydrogen (secondary N) is 2. The summed E-state index contributed by atoms with van der Waals surface area (Å²) in [5, 5.41) is 5.22. The Kier molecular flexibility index (Phi) is 5.35. The molecule has 0 fully saturated rings. The summed E-state index contributed by atoms with van der Waals surface area (Å²) < 4.78 is 13.4. The molecule has 0 unspecified atom stereocenters. The van der Waals surface area contributed by atoms with E-state index in [1.807, 2.05) is 0 Å². The largest absolute Gasteiger partial charge is 0.350 e. The van der Waals surface area contributed by atoms with Crippen LogP contribution in [0.15, 0.2) is 30.6 Å². The molecule has 1 aromatic carbocycles. The zero-order chi connectivity index (χ0) is 16.8. The van der Waals surface area contributed by atoms with E-state index in [4.69, 9.17) is 0 Å². The molecule has 2 N–H and O–H groups in total. The lowest BCUT2D eigenvalue weighted by Gasteiger charge is -2.07. The van der Waals surface area contributed by atoms with Crippen molar-refractivity contribution in [1.82, 2.24) is 20.6 Å². The number of hydrogen-bond acceptors (Lipinski definition) is 4. The van der Waals surface area contributed by atoms with Gasteiger partial charge in [0.2, 0.25) is 0 Å². The lowest BCUT2D eigenvalue weighted by molar-refractivity contribution is 0.0924. The fraction of sp³-hybridized carbons (Fsp3) is 0.250. The number of hydrogen-bond donors (Lipinski definition) is 2. The minimum absolute atomic E-state index is 0.211. The van der Waals surface area contributed by atoms with Crippen molar-refractivity contribution in [2.24, 2.45) is 0 Å². The molecule has 23 heavy (non-hydrogen) atoms. The van der Waals surface area contributed by atoms with E-state index in [1.165, 1.54) is 18.5 Å². The first kappa shape index (κ1) is 16.5. The highest BCUT2D eigenvalue weighted by molar-refractivity contribution is 5.94. The second kappa shape index (κ2) is 7.44. The molecule has 0 radical (unpaired) electrons. The molecule has 2 aromatic rings. The number of aryl methyl sites for hydroxylation is 2. The Morgan fingerprint density at radius 3 is 2.35 bits per heavy atom. The average Bonchev–Trinajstić information content (AvgIpc) is 2.54. The van der Waals surface area contributed by atoms with Crippen LogP contribution in [0.4, 0.5) is 4.39 Å². The minimum Gasteiger partial charge on any atom is -0.350 e. The van der Waals surface area contributed by atoms with Crippen molar-refractivity contribution in [3.05, 3.63) is 58.9 Å². The Balaban J connectivity index is 1.78. The van der Waals surface area contributed by atoms with Crippen molar-refractivity contribution in [2.75, 3.05) is 13.1 Å². The van der Waals surface area contributed by atoms with Gasteiger partial charge in [0.1, 0.15) is 11.5 Å². The summed E-state index contributed by atoms with van der Waals surface area (Å²) in [6, 6.07) is 4.28. The van der Waals surface area contributed by atoms with Crippen LogP contribution in [0.25, 0.3) is 0 Å². The van der Waals surface area contributed by atoms with Gasteiger partial charge in [-0.05, 0) is 31.5 Å². The molecule has 2 rings (SSSR count). The van der Waals surface area contributed by atoms with E-state index in [2.05, 4.69) is 20.6 Å². The number of nitrogens with zero attached hydrogens (tertiary/aromatic N) is 2. The van der Waals surface area contributed by atoms with E-state index >= 15 is 0 Å². The van der Waals surface area contributed by atoms with Crippen molar-refractivity contribution in [2.45, 2.75) is 13.8 Å². The van der Waals surface area contributed by atoms with Gasteiger partial charge in [0.25, 0.3) is 11.8 Å². The van der Waals surface area contributed by atoms with Gasteiger partial charge in [-0.2, -0.15) is 0 Å². The van der Waals surface area contributed by atoms with Gasteiger partial charge >= 0.3 is 0 Å². The molecule has 6 nitrogen and oxygen atoms in total. The topological polar surface area (TPSA) is 84.0 Å². The van der Waals surface area contributed by atoms with Crippen LogP contribution in [0.3, 0.4) is 0 Å². The second-order valence-electron chi connectivity index (χ2n) is 5.02. The second-order valence-corrected chi connectivity index (χ2v) is 5.02. The van der Waals surface area contributed by atoms with Gasteiger partial charge in [0.05, 0.1) is 11.9 Å². The molecule has 0 atom stereocenters. The van der Waals surface area contributed by atoms with Crippen LogP contribution in [0.1, 0.15) is 32.1 Å². The lowest BCUT2D eigenvalue weighted by atomic mass is 10.1. The number of rotatable bonds is 5. The highest BCUT2D eigenvalue weighted by Gasteiger charge is 2.09. The fourth-order valence-corrected chi connectivity index (χ4v) is 1.79. The Hall–Kier alpha value is -2.83. The van der Waals surface area contributed by atoms with Crippen LogP contribution in [-0.2, 0) is 0 Å². The summed E-state index contributed by atoms with van der Waals surface area (Å²) in [5.41, 5.74) is 1.65. The van der Waals surface area contributed by atoms with E-state index in [0.717, 1.165) is 5.69 Å². The van der Waals surface area contributed by atoms with E-state index in [0.29, 0.717) is 5.56 Å². The molecule has 0 aliphatic rings. The van der Waals surface area contributed by atoms with E-state index in [9.17, 15) is 14.0 Å². The Labute approximate surface area is 133 Å². The van der Waals surface area contributed by atoms with E-state index in [-0.39, 0.29) is 30.3 Å².